The maximum Gasteiger partial charge on any atom is 1.00 e. The molecule has 15 nitrogen and oxygen atoms in total. The van der Waals surface area contributed by atoms with Crippen LogP contribution < -0.4 is 56.6 Å². The zero-order chi connectivity index (χ0) is 24.7. The molecule has 0 spiro atoms. The van der Waals surface area contributed by atoms with Gasteiger partial charge in [0.15, 0.2) is 0 Å². The van der Waals surface area contributed by atoms with Gasteiger partial charge < -0.3 is 10.2 Å². The van der Waals surface area contributed by atoms with Crippen molar-refractivity contribution in [2.45, 2.75) is 20.5 Å². The van der Waals surface area contributed by atoms with Gasteiger partial charge in [-0.1, -0.05) is 7.43 Å². The van der Waals surface area contributed by atoms with Gasteiger partial charge in [0, 0.05) is 35.4 Å². The van der Waals surface area contributed by atoms with Crippen LogP contribution in [0.25, 0.3) is 0 Å². The molecule has 4 rings (SSSR count). The molecule has 0 saturated carbocycles. The number of nitrogens with zero attached hydrogens (tertiary/aromatic N) is 6. The molecular formula is C17H13Br2KN6O9. The summed E-state index contributed by atoms with van der Waals surface area (Å²) in [5.74, 6) is 0. The van der Waals surface area contributed by atoms with Gasteiger partial charge in [-0.2, -0.15) is 0 Å². The summed E-state index contributed by atoms with van der Waals surface area (Å²) in [6.45, 7) is 0.826. The largest absolute Gasteiger partial charge is 1.00 e. The number of non-ortho nitro benzene ring substituents is 1. The second-order valence-electron chi connectivity index (χ2n) is 5.97. The van der Waals surface area contributed by atoms with Crippen molar-refractivity contribution in [3.8, 4) is 0 Å². The molecule has 0 aromatic heterocycles. The number of benzene rings is 2. The molecular weight excluding hydrogens is 631 g/mol. The number of hydrogen-bond donors (Lipinski definition) is 0. The van der Waals surface area contributed by atoms with Gasteiger partial charge in [0.25, 0.3) is 5.69 Å². The molecule has 0 atom stereocenters. The summed E-state index contributed by atoms with van der Waals surface area (Å²) in [7, 11) is 0. The molecule has 0 fully saturated rings. The van der Waals surface area contributed by atoms with Gasteiger partial charge in [0.05, 0.1) is 27.9 Å². The van der Waals surface area contributed by atoms with Crippen LogP contribution in [-0.2, 0) is 18.1 Å². The summed E-state index contributed by atoms with van der Waals surface area (Å²) in [5.41, 5.74) is 2.11. The smallest absolute Gasteiger partial charge is 0.635 e. The second-order valence-corrected chi connectivity index (χ2v) is 7.48. The van der Waals surface area contributed by atoms with Crippen molar-refractivity contribution in [2.24, 2.45) is 15.3 Å². The zero-order valence-corrected chi connectivity index (χ0v) is 23.2. The summed E-state index contributed by atoms with van der Waals surface area (Å²) >= 11 is 6.42. The van der Waals surface area contributed by atoms with Gasteiger partial charge in [-0.05, 0) is 49.1 Å². The van der Waals surface area contributed by atoms with Crippen molar-refractivity contribution in [2.75, 3.05) is 0 Å². The Hall–Kier alpha value is -2.06. The van der Waals surface area contributed by atoms with Crippen LogP contribution in [0.15, 0.2) is 45.7 Å². The predicted octanol–water partition coefficient (Wildman–Crippen LogP) is 1.01. The van der Waals surface area contributed by atoms with Gasteiger partial charge in [-0.15, -0.1) is 4.91 Å². The van der Waals surface area contributed by atoms with Crippen LogP contribution in [0.5, 0.6) is 0 Å². The molecule has 35 heavy (non-hydrogen) atoms. The van der Waals surface area contributed by atoms with Crippen molar-refractivity contribution >= 4 is 58.2 Å². The minimum Gasteiger partial charge on any atom is -0.635 e. The fourth-order valence-electron chi connectivity index (χ4n) is 2.74. The number of halogens is 2. The number of nitro groups is 3. The van der Waals surface area contributed by atoms with Crippen LogP contribution in [0.2, 0.25) is 0 Å². The third-order valence-electron chi connectivity index (χ3n) is 4.14. The predicted molar refractivity (Wildman–Crippen MR) is 125 cm³/mol. The Kier molecular flexibility index (Phi) is 14.2. The van der Waals surface area contributed by atoms with Crippen LogP contribution in [0.3, 0.4) is 0 Å². The molecule has 0 bridgehead atoms. The molecule has 0 saturated heterocycles. The Labute approximate surface area is 255 Å². The van der Waals surface area contributed by atoms with Gasteiger partial charge in [0.2, 0.25) is 0 Å². The molecule has 0 amide bonds. The molecule has 0 radical (unpaired) electrons. The van der Waals surface area contributed by atoms with E-state index >= 15 is 0 Å². The molecule has 0 unspecified atom stereocenters. The van der Waals surface area contributed by atoms with Crippen LogP contribution >= 0.6 is 31.9 Å². The SMILES string of the molecule is C.O=NO[O-].O=[N+]([O-])c1cc2c(cc1[N+](=O)[O-])C(Br)=NC2.O=[N+]([O-])c1ccc2c(c1)CN=C2Br.[K+]. The van der Waals surface area contributed by atoms with Crippen molar-refractivity contribution in [3.63, 3.8) is 0 Å². The first-order valence-electron chi connectivity index (χ1n) is 8.36. The fraction of sp³-hybridized carbons (Fsp3) is 0.176. The van der Waals surface area contributed by atoms with E-state index in [1.165, 1.54) is 23.5 Å². The maximum absolute atomic E-state index is 10.7. The quantitative estimate of drug-likeness (QED) is 0.152. The molecule has 18 heteroatoms. The monoisotopic (exact) mass is 642 g/mol. The Morgan fingerprint density at radius 1 is 0.829 bits per heavy atom. The average molecular weight is 644 g/mol. The van der Waals surface area contributed by atoms with E-state index < -0.39 is 26.1 Å². The van der Waals surface area contributed by atoms with E-state index in [9.17, 15) is 30.3 Å². The summed E-state index contributed by atoms with van der Waals surface area (Å²) in [6, 6.07) is 7.14. The molecule has 2 aliphatic rings. The van der Waals surface area contributed by atoms with E-state index in [1.807, 2.05) is 0 Å². The third-order valence-corrected chi connectivity index (χ3v) is 5.50. The van der Waals surface area contributed by atoms with Crippen LogP contribution in [0.4, 0.5) is 17.1 Å². The van der Waals surface area contributed by atoms with Crippen molar-refractivity contribution in [1.82, 2.24) is 0 Å². The van der Waals surface area contributed by atoms with E-state index in [-0.39, 0.29) is 64.5 Å². The molecule has 2 aliphatic heterocycles. The number of nitro benzene ring substituents is 3. The molecule has 0 N–H and O–H groups in total. The van der Waals surface area contributed by atoms with Crippen molar-refractivity contribution in [1.29, 1.82) is 0 Å². The molecule has 2 aromatic rings. The summed E-state index contributed by atoms with van der Waals surface area (Å²) < 4.78 is 1.26. The van der Waals surface area contributed by atoms with E-state index in [4.69, 9.17) is 10.2 Å². The van der Waals surface area contributed by atoms with Crippen molar-refractivity contribution < 1.29 is 76.4 Å². The number of fused-ring (bicyclic) bond motifs is 2. The second kappa shape index (κ2) is 15.1. The molecule has 0 aliphatic carbocycles. The Morgan fingerprint density at radius 2 is 1.29 bits per heavy atom. The summed E-state index contributed by atoms with van der Waals surface area (Å²) in [4.78, 5) is 48.7. The third kappa shape index (κ3) is 8.53. The van der Waals surface area contributed by atoms with Gasteiger partial charge in [-0.3, -0.25) is 40.3 Å². The first kappa shape index (κ1) is 32.9. The maximum atomic E-state index is 10.7. The average Bonchev–Trinajstić information content (AvgIpc) is 3.35. The minimum absolute atomic E-state index is 0. The van der Waals surface area contributed by atoms with E-state index in [0.717, 1.165) is 15.7 Å². The van der Waals surface area contributed by atoms with Gasteiger partial charge in [0.1, 0.15) is 14.6 Å². The van der Waals surface area contributed by atoms with E-state index in [1.54, 1.807) is 12.1 Å². The van der Waals surface area contributed by atoms with E-state index in [2.05, 4.69) is 46.8 Å². The van der Waals surface area contributed by atoms with E-state index in [0.29, 0.717) is 28.8 Å². The summed E-state index contributed by atoms with van der Waals surface area (Å²) in [6.07, 6.45) is 0. The Bertz CT molecular complexity index is 1210. The molecule has 2 heterocycles. The first-order chi connectivity index (χ1) is 15.6. The first-order valence-corrected chi connectivity index (χ1v) is 9.94. The Morgan fingerprint density at radius 3 is 1.74 bits per heavy atom. The normalized spacial score (nSPS) is 11.7. The van der Waals surface area contributed by atoms with Crippen molar-refractivity contribution in [3.05, 3.63) is 87.8 Å². The minimum atomic E-state index is -0.767. The molecule has 180 valence electrons. The van der Waals surface area contributed by atoms with Gasteiger partial charge >= 0.3 is 62.8 Å². The standard InChI is InChI=1S/C8H4BrN3O4.C8H5BrN2O2.CH4.K.HNO3/c9-8-5-2-7(12(15)16)6(11(13)14)1-4(5)3-10-8;9-8-7-2-1-6(11(12)13)3-5(7)4-10-8;;;2-1-4-3/h1-2H,3H2;1-3H,4H2;1H4;;3H/q;;;+1;/p-1. The number of rotatable bonds is 4. The van der Waals surface area contributed by atoms with Crippen LogP contribution in [0.1, 0.15) is 29.7 Å². The zero-order valence-electron chi connectivity index (χ0n) is 16.9. The van der Waals surface area contributed by atoms with Crippen LogP contribution in [0, 0.1) is 35.3 Å². The fourth-order valence-corrected chi connectivity index (χ4v) is 3.75. The summed E-state index contributed by atoms with van der Waals surface area (Å²) in [5, 5.41) is 41.5. The molecule has 2 aromatic carbocycles. The number of hydrogen-bond acceptors (Lipinski definition) is 12. The Balaban J connectivity index is 0.000000553. The number of aliphatic imine (C=N–C) groups is 2. The van der Waals surface area contributed by atoms with Gasteiger partial charge in [-0.25, -0.2) is 0 Å². The topological polar surface area (TPSA) is 216 Å². The van der Waals surface area contributed by atoms with Crippen LogP contribution in [-0.4, -0.2) is 24.0 Å².